The smallest absolute Gasteiger partial charge is 0.253 e. The van der Waals surface area contributed by atoms with Crippen molar-refractivity contribution in [2.75, 3.05) is 5.32 Å². The van der Waals surface area contributed by atoms with Crippen molar-refractivity contribution in [3.8, 4) is 0 Å². The zero-order valence-corrected chi connectivity index (χ0v) is 14.2. The van der Waals surface area contributed by atoms with E-state index in [1.165, 1.54) is 0 Å². The Morgan fingerprint density at radius 1 is 0.960 bits per heavy atom. The molecule has 5 nitrogen and oxygen atoms in total. The molecule has 0 spiro atoms. The predicted molar refractivity (Wildman–Crippen MR) is 98.4 cm³/mol. The Balaban J connectivity index is 1.52. The van der Waals surface area contributed by atoms with Crippen molar-refractivity contribution in [1.29, 1.82) is 0 Å². The van der Waals surface area contributed by atoms with E-state index in [0.717, 1.165) is 11.1 Å². The number of benzene rings is 1. The van der Waals surface area contributed by atoms with Crippen molar-refractivity contribution >= 4 is 23.3 Å². The van der Waals surface area contributed by atoms with Crippen LogP contribution in [0.4, 0.5) is 5.82 Å². The van der Waals surface area contributed by atoms with E-state index in [1.54, 1.807) is 42.9 Å². The maximum absolute atomic E-state index is 12.2. The van der Waals surface area contributed by atoms with Gasteiger partial charge in [0.2, 0.25) is 0 Å². The average Bonchev–Trinajstić information content (AvgIpc) is 2.67. The molecule has 3 rings (SSSR count). The van der Waals surface area contributed by atoms with Crippen molar-refractivity contribution in [2.24, 2.45) is 0 Å². The summed E-state index contributed by atoms with van der Waals surface area (Å²) in [6.45, 7) is 1.07. The minimum absolute atomic E-state index is 0.166. The topological polar surface area (TPSA) is 66.9 Å². The number of nitrogens with one attached hydrogen (secondary N) is 2. The van der Waals surface area contributed by atoms with E-state index in [4.69, 9.17) is 11.6 Å². The molecular formula is C19H17ClN4O. The van der Waals surface area contributed by atoms with Crippen LogP contribution in [0.1, 0.15) is 21.5 Å². The lowest BCUT2D eigenvalue weighted by Gasteiger charge is -2.08. The number of amides is 1. The number of anilines is 1. The molecule has 0 saturated heterocycles. The van der Waals surface area contributed by atoms with Crippen LogP contribution in [-0.2, 0) is 13.1 Å². The molecule has 2 aromatic heterocycles. The normalized spacial score (nSPS) is 10.3. The number of carbonyl (C=O) groups is 1. The number of aromatic nitrogens is 2. The third-order valence-electron chi connectivity index (χ3n) is 3.59. The van der Waals surface area contributed by atoms with E-state index in [9.17, 15) is 4.79 Å². The number of halogens is 1. The summed E-state index contributed by atoms with van der Waals surface area (Å²) in [5, 5.41) is 6.73. The van der Waals surface area contributed by atoms with Gasteiger partial charge in [0.1, 0.15) is 5.82 Å². The van der Waals surface area contributed by atoms with Gasteiger partial charge in [-0.15, -0.1) is 0 Å². The van der Waals surface area contributed by atoms with Gasteiger partial charge in [-0.3, -0.25) is 9.78 Å². The number of hydrogen-bond donors (Lipinski definition) is 2. The lowest BCUT2D eigenvalue weighted by molar-refractivity contribution is 0.0950. The summed E-state index contributed by atoms with van der Waals surface area (Å²) < 4.78 is 0. The summed E-state index contributed by atoms with van der Waals surface area (Å²) in [6.07, 6.45) is 5.09. The molecule has 1 aromatic carbocycles. The van der Waals surface area contributed by atoms with Crippen molar-refractivity contribution in [3.63, 3.8) is 0 Å². The van der Waals surface area contributed by atoms with Crippen LogP contribution in [0, 0.1) is 0 Å². The summed E-state index contributed by atoms with van der Waals surface area (Å²) in [6, 6.07) is 14.8. The van der Waals surface area contributed by atoms with Crippen LogP contribution in [0.15, 0.2) is 67.1 Å². The first-order valence-corrected chi connectivity index (χ1v) is 8.20. The minimum atomic E-state index is -0.166. The Bertz CT molecular complexity index is 820. The van der Waals surface area contributed by atoms with E-state index >= 15 is 0 Å². The van der Waals surface area contributed by atoms with Crippen LogP contribution in [0.25, 0.3) is 0 Å². The molecule has 25 heavy (non-hydrogen) atoms. The van der Waals surface area contributed by atoms with Crippen LogP contribution in [0.3, 0.4) is 0 Å². The Kier molecular flexibility index (Phi) is 5.59. The van der Waals surface area contributed by atoms with Gasteiger partial charge in [0.25, 0.3) is 5.91 Å². The van der Waals surface area contributed by atoms with Gasteiger partial charge in [0, 0.05) is 36.7 Å². The van der Waals surface area contributed by atoms with Gasteiger partial charge in [-0.1, -0.05) is 29.8 Å². The summed E-state index contributed by atoms with van der Waals surface area (Å²) in [7, 11) is 0. The van der Waals surface area contributed by atoms with Crippen molar-refractivity contribution in [3.05, 3.63) is 88.8 Å². The molecule has 0 aliphatic heterocycles. The number of nitrogens with zero attached hydrogens (tertiary/aromatic N) is 2. The molecule has 0 unspecified atom stereocenters. The van der Waals surface area contributed by atoms with Gasteiger partial charge in [0.05, 0.1) is 5.56 Å². The largest absolute Gasteiger partial charge is 0.366 e. The second kappa shape index (κ2) is 8.26. The van der Waals surface area contributed by atoms with E-state index < -0.39 is 0 Å². The van der Waals surface area contributed by atoms with Crippen molar-refractivity contribution < 1.29 is 4.79 Å². The predicted octanol–water partition coefficient (Wildman–Crippen LogP) is 3.67. The van der Waals surface area contributed by atoms with Crippen molar-refractivity contribution in [2.45, 2.75) is 13.1 Å². The van der Waals surface area contributed by atoms with Crippen LogP contribution >= 0.6 is 11.6 Å². The fourth-order valence-electron chi connectivity index (χ4n) is 2.21. The molecule has 6 heteroatoms. The van der Waals surface area contributed by atoms with Gasteiger partial charge < -0.3 is 10.6 Å². The first-order valence-electron chi connectivity index (χ1n) is 7.82. The molecule has 0 saturated carbocycles. The third-order valence-corrected chi connectivity index (χ3v) is 3.84. The molecule has 0 aliphatic rings. The summed E-state index contributed by atoms with van der Waals surface area (Å²) in [5.41, 5.74) is 2.57. The fourth-order valence-corrected chi connectivity index (χ4v) is 2.34. The monoisotopic (exact) mass is 352 g/mol. The zero-order valence-electron chi connectivity index (χ0n) is 13.4. The molecule has 0 bridgehead atoms. The summed E-state index contributed by atoms with van der Waals surface area (Å²) >= 11 is 5.84. The van der Waals surface area contributed by atoms with Crippen LogP contribution in [-0.4, -0.2) is 15.9 Å². The van der Waals surface area contributed by atoms with Crippen LogP contribution in [0.5, 0.6) is 0 Å². The Morgan fingerprint density at radius 2 is 1.80 bits per heavy atom. The maximum atomic E-state index is 12.2. The Hall–Kier alpha value is -2.92. The average molecular weight is 353 g/mol. The lowest BCUT2D eigenvalue weighted by Crippen LogP contribution is -2.22. The highest BCUT2D eigenvalue weighted by atomic mass is 35.5. The Morgan fingerprint density at radius 3 is 2.48 bits per heavy atom. The second-order valence-electron chi connectivity index (χ2n) is 5.46. The number of rotatable bonds is 6. The van der Waals surface area contributed by atoms with Crippen LogP contribution < -0.4 is 10.6 Å². The highest BCUT2D eigenvalue weighted by molar-refractivity contribution is 6.30. The molecule has 1 amide bonds. The minimum Gasteiger partial charge on any atom is -0.366 e. The van der Waals surface area contributed by atoms with Gasteiger partial charge in [-0.2, -0.15) is 0 Å². The highest BCUT2D eigenvalue weighted by Gasteiger charge is 2.06. The van der Waals surface area contributed by atoms with Gasteiger partial charge in [-0.05, 0) is 41.5 Å². The van der Waals surface area contributed by atoms with Gasteiger partial charge in [-0.25, -0.2) is 4.98 Å². The summed E-state index contributed by atoms with van der Waals surface area (Å²) in [4.78, 5) is 20.5. The van der Waals surface area contributed by atoms with E-state index in [-0.39, 0.29) is 5.91 Å². The molecule has 3 aromatic rings. The molecular weight excluding hydrogens is 336 g/mol. The first-order chi connectivity index (χ1) is 12.2. The number of pyridine rings is 2. The molecule has 0 atom stereocenters. The third kappa shape index (κ3) is 5.02. The number of carbonyl (C=O) groups excluding carboxylic acids is 1. The number of hydrogen-bond acceptors (Lipinski definition) is 4. The lowest BCUT2D eigenvalue weighted by atomic mass is 10.2. The molecule has 0 radical (unpaired) electrons. The molecule has 126 valence electrons. The molecule has 0 fully saturated rings. The Labute approximate surface area is 151 Å². The van der Waals surface area contributed by atoms with E-state index in [0.29, 0.717) is 29.5 Å². The molecule has 2 heterocycles. The molecule has 2 N–H and O–H groups in total. The first kappa shape index (κ1) is 16.9. The summed E-state index contributed by atoms with van der Waals surface area (Å²) in [5.74, 6) is 0.541. The highest BCUT2D eigenvalue weighted by Crippen LogP contribution is 2.10. The maximum Gasteiger partial charge on any atom is 0.253 e. The molecule has 0 aliphatic carbocycles. The van der Waals surface area contributed by atoms with Crippen molar-refractivity contribution in [1.82, 2.24) is 15.3 Å². The SMILES string of the molecule is O=C(NCc1ccc(Cl)cc1)c1ccc(NCc2cccnc2)nc1. The van der Waals surface area contributed by atoms with Gasteiger partial charge in [0.15, 0.2) is 0 Å². The standard InChI is InChI=1S/C19H17ClN4O/c20-17-6-3-14(4-7-17)11-24-19(25)16-5-8-18(23-13-16)22-12-15-2-1-9-21-10-15/h1-10,13H,11-12H2,(H,22,23)(H,24,25). The zero-order chi connectivity index (χ0) is 17.5. The van der Waals surface area contributed by atoms with Gasteiger partial charge >= 0.3 is 0 Å². The van der Waals surface area contributed by atoms with E-state index in [2.05, 4.69) is 20.6 Å². The second-order valence-corrected chi connectivity index (χ2v) is 5.89. The van der Waals surface area contributed by atoms with E-state index in [1.807, 2.05) is 24.3 Å². The van der Waals surface area contributed by atoms with Crippen LogP contribution in [0.2, 0.25) is 5.02 Å². The quantitative estimate of drug-likeness (QED) is 0.710. The fraction of sp³-hybridized carbons (Fsp3) is 0.105.